The van der Waals surface area contributed by atoms with Crippen molar-refractivity contribution < 1.29 is 4.79 Å². The van der Waals surface area contributed by atoms with Gasteiger partial charge < -0.3 is 22.5 Å². The van der Waals surface area contributed by atoms with E-state index in [9.17, 15) is 4.79 Å². The van der Waals surface area contributed by atoms with Crippen molar-refractivity contribution in [1.82, 2.24) is 5.32 Å². The number of guanidine groups is 1. The fraction of sp³-hybridized carbons (Fsp3) is 0.750. The Morgan fingerprint density at radius 1 is 1.47 bits per heavy atom. The zero-order valence-corrected chi connectivity index (χ0v) is 9.72. The van der Waals surface area contributed by atoms with Crippen LogP contribution in [-0.2, 0) is 4.79 Å². The maximum absolute atomic E-state index is 11.1. The van der Waals surface area contributed by atoms with E-state index in [0.29, 0.717) is 25.9 Å². The van der Waals surface area contributed by atoms with Crippen LogP contribution in [0.2, 0.25) is 0 Å². The van der Waals surface area contributed by atoms with Gasteiger partial charge in [-0.05, 0) is 19.8 Å². The molecule has 7 heteroatoms. The summed E-state index contributed by atoms with van der Waals surface area (Å²) in [5, 5.41) is 2.65. The van der Waals surface area contributed by atoms with Gasteiger partial charge in [-0.1, -0.05) is 0 Å². The molecule has 0 aromatic heterocycles. The van der Waals surface area contributed by atoms with Crippen molar-refractivity contribution in [3.63, 3.8) is 0 Å². The van der Waals surface area contributed by atoms with Gasteiger partial charge in [0.2, 0.25) is 5.91 Å². The topological polar surface area (TPSA) is 120 Å². The largest absolute Gasteiger partial charge is 0.370 e. The van der Waals surface area contributed by atoms with Crippen molar-refractivity contribution in [3.05, 3.63) is 0 Å². The molecule has 0 radical (unpaired) electrons. The van der Waals surface area contributed by atoms with Crippen LogP contribution in [0.15, 0.2) is 4.99 Å². The number of nitrogens with one attached hydrogen (secondary N) is 1. The molecule has 0 aliphatic heterocycles. The zero-order chi connectivity index (χ0) is 11.0. The van der Waals surface area contributed by atoms with Crippen LogP contribution < -0.4 is 22.5 Å². The van der Waals surface area contributed by atoms with Crippen molar-refractivity contribution in [2.45, 2.75) is 25.8 Å². The molecule has 0 aromatic carbocycles. The molecule has 0 heterocycles. The summed E-state index contributed by atoms with van der Waals surface area (Å²) >= 11 is 0. The Morgan fingerprint density at radius 3 is 2.53 bits per heavy atom. The summed E-state index contributed by atoms with van der Waals surface area (Å²) < 4.78 is 0. The number of carbonyl (C=O) groups excluding carboxylic acids is 1. The second-order valence-corrected chi connectivity index (χ2v) is 2.95. The lowest BCUT2D eigenvalue weighted by Gasteiger charge is -2.09. The van der Waals surface area contributed by atoms with Gasteiger partial charge in [0, 0.05) is 13.1 Å². The van der Waals surface area contributed by atoms with Crippen LogP contribution in [0, 0.1) is 0 Å². The molecule has 0 saturated carbocycles. The Balaban J connectivity index is 0. The van der Waals surface area contributed by atoms with Gasteiger partial charge in [-0.25, -0.2) is 0 Å². The van der Waals surface area contributed by atoms with Gasteiger partial charge in [-0.3, -0.25) is 9.79 Å². The normalized spacial score (nSPS) is 11.1. The molecule has 0 bridgehead atoms. The second-order valence-electron chi connectivity index (χ2n) is 2.95. The number of nitrogens with zero attached hydrogens (tertiary/aromatic N) is 1. The summed E-state index contributed by atoms with van der Waals surface area (Å²) in [6.45, 7) is 2.96. The fourth-order valence-electron chi connectivity index (χ4n) is 0.956. The number of aliphatic imine (C=N–C) groups is 1. The van der Waals surface area contributed by atoms with Gasteiger partial charge in [-0.2, -0.15) is 0 Å². The summed E-state index contributed by atoms with van der Waals surface area (Å²) in [6.07, 6.45) is 1.29. The highest BCUT2D eigenvalue weighted by Gasteiger charge is 2.10. The molecule has 90 valence electrons. The highest BCUT2D eigenvalue weighted by atomic mass is 35.5. The zero-order valence-electron chi connectivity index (χ0n) is 8.90. The Labute approximate surface area is 96.1 Å². The van der Waals surface area contributed by atoms with Gasteiger partial charge in [0.25, 0.3) is 0 Å². The molecule has 0 aliphatic rings. The molecule has 1 atom stereocenters. The summed E-state index contributed by atoms with van der Waals surface area (Å²) in [4.78, 5) is 14.9. The minimum Gasteiger partial charge on any atom is -0.370 e. The maximum Gasteiger partial charge on any atom is 0.236 e. The third kappa shape index (κ3) is 9.30. The molecule has 0 aliphatic carbocycles. The van der Waals surface area contributed by atoms with Crippen LogP contribution in [0.1, 0.15) is 19.8 Å². The molecule has 6 nitrogen and oxygen atoms in total. The Morgan fingerprint density at radius 2 is 2.07 bits per heavy atom. The van der Waals surface area contributed by atoms with Crippen LogP contribution in [0.3, 0.4) is 0 Å². The van der Waals surface area contributed by atoms with Gasteiger partial charge in [0.1, 0.15) is 0 Å². The number of hydrogen-bond donors (Lipinski definition) is 4. The standard InChI is InChI=1S/C8H19N5O.ClH/c1-2-12-7(14)6(9)4-3-5-13-8(10)11;/h6H,2-5,9H2,1H3,(H,12,14)(H4,10,11,13);1H/t6-;/m0./s1. The predicted octanol–water partition coefficient (Wildman–Crippen LogP) is -1.07. The second kappa shape index (κ2) is 9.54. The first-order chi connectivity index (χ1) is 6.57. The molecule has 0 saturated heterocycles. The molecule has 1 amide bonds. The fourth-order valence-corrected chi connectivity index (χ4v) is 0.956. The molecule has 7 N–H and O–H groups in total. The van der Waals surface area contributed by atoms with Crippen molar-refractivity contribution in [2.24, 2.45) is 22.2 Å². The predicted molar refractivity (Wildman–Crippen MR) is 63.8 cm³/mol. The van der Waals surface area contributed by atoms with E-state index in [1.807, 2.05) is 6.92 Å². The number of carbonyl (C=O) groups is 1. The minimum absolute atomic E-state index is 0. The van der Waals surface area contributed by atoms with Crippen LogP contribution >= 0.6 is 12.4 Å². The first kappa shape index (κ1) is 16.4. The van der Waals surface area contributed by atoms with E-state index in [1.54, 1.807) is 0 Å². The number of amides is 1. The number of halogens is 1. The van der Waals surface area contributed by atoms with E-state index in [2.05, 4.69) is 10.3 Å². The first-order valence-electron chi connectivity index (χ1n) is 4.66. The van der Waals surface area contributed by atoms with Crippen molar-refractivity contribution in [2.75, 3.05) is 13.1 Å². The summed E-state index contributed by atoms with van der Waals surface area (Å²) in [5.74, 6) is -0.0613. The van der Waals surface area contributed by atoms with E-state index < -0.39 is 6.04 Å². The monoisotopic (exact) mass is 237 g/mol. The lowest BCUT2D eigenvalue weighted by molar-refractivity contribution is -0.122. The lowest BCUT2D eigenvalue weighted by Crippen LogP contribution is -2.40. The molecule has 0 aromatic rings. The third-order valence-corrected chi connectivity index (χ3v) is 1.66. The van der Waals surface area contributed by atoms with Crippen molar-refractivity contribution in [3.8, 4) is 0 Å². The molecule has 0 rings (SSSR count). The van der Waals surface area contributed by atoms with Crippen LogP contribution in [0.25, 0.3) is 0 Å². The Bertz CT molecular complexity index is 205. The van der Waals surface area contributed by atoms with Crippen molar-refractivity contribution >= 4 is 24.3 Å². The quantitative estimate of drug-likeness (QED) is 0.267. The smallest absolute Gasteiger partial charge is 0.236 e. The SMILES string of the molecule is CCNC(=O)[C@@H](N)CCCN=C(N)N.Cl. The van der Waals surface area contributed by atoms with E-state index in [1.165, 1.54) is 0 Å². The van der Waals surface area contributed by atoms with Gasteiger partial charge in [0.05, 0.1) is 6.04 Å². The first-order valence-corrected chi connectivity index (χ1v) is 4.66. The van der Waals surface area contributed by atoms with Crippen molar-refractivity contribution in [1.29, 1.82) is 0 Å². The number of rotatable bonds is 6. The molecule has 0 fully saturated rings. The highest BCUT2D eigenvalue weighted by molar-refractivity contribution is 5.85. The van der Waals surface area contributed by atoms with Gasteiger partial charge in [-0.15, -0.1) is 12.4 Å². The average Bonchev–Trinajstić information content (AvgIpc) is 2.12. The number of hydrogen-bond acceptors (Lipinski definition) is 3. The van der Waals surface area contributed by atoms with Crippen LogP contribution in [-0.4, -0.2) is 31.0 Å². The molecule has 15 heavy (non-hydrogen) atoms. The Kier molecular flexibility index (Phi) is 10.4. The third-order valence-electron chi connectivity index (χ3n) is 1.66. The van der Waals surface area contributed by atoms with E-state index in [4.69, 9.17) is 17.2 Å². The molecular weight excluding hydrogens is 218 g/mol. The summed E-state index contributed by atoms with van der Waals surface area (Å²) in [5.41, 5.74) is 15.9. The summed E-state index contributed by atoms with van der Waals surface area (Å²) in [7, 11) is 0. The van der Waals surface area contributed by atoms with E-state index in [-0.39, 0.29) is 24.3 Å². The van der Waals surface area contributed by atoms with Gasteiger partial charge >= 0.3 is 0 Å². The number of likely N-dealkylation sites (N-methyl/N-ethyl adjacent to an activating group) is 1. The molecule has 0 unspecified atom stereocenters. The Hall–Kier alpha value is -1.01. The lowest BCUT2D eigenvalue weighted by atomic mass is 10.1. The average molecular weight is 238 g/mol. The summed E-state index contributed by atoms with van der Waals surface area (Å²) in [6, 6.07) is -0.468. The van der Waals surface area contributed by atoms with Crippen LogP contribution in [0.5, 0.6) is 0 Å². The molecule has 0 spiro atoms. The van der Waals surface area contributed by atoms with Gasteiger partial charge in [0.15, 0.2) is 5.96 Å². The van der Waals surface area contributed by atoms with E-state index in [0.717, 1.165) is 0 Å². The number of nitrogens with two attached hydrogens (primary N) is 3. The van der Waals surface area contributed by atoms with Crippen LogP contribution in [0.4, 0.5) is 0 Å². The van der Waals surface area contributed by atoms with E-state index >= 15 is 0 Å². The maximum atomic E-state index is 11.1. The highest BCUT2D eigenvalue weighted by Crippen LogP contribution is 1.94. The molecular formula is C8H20ClN5O. The minimum atomic E-state index is -0.468.